The van der Waals surface area contributed by atoms with Gasteiger partial charge in [0, 0.05) is 23.2 Å². The summed E-state index contributed by atoms with van der Waals surface area (Å²) < 4.78 is 0. The van der Waals surface area contributed by atoms with Crippen molar-refractivity contribution in [2.75, 3.05) is 5.32 Å². The molecule has 0 bridgehead atoms. The van der Waals surface area contributed by atoms with E-state index in [0.717, 1.165) is 0 Å². The molecule has 0 spiro atoms. The second kappa shape index (κ2) is 5.76. The van der Waals surface area contributed by atoms with Gasteiger partial charge in [0.25, 0.3) is 11.6 Å². The molecule has 1 heterocycles. The Morgan fingerprint density at radius 2 is 2.10 bits per heavy atom. The second-order valence-electron chi connectivity index (χ2n) is 4.12. The number of nitro benzene ring substituents is 1. The zero-order valence-electron chi connectivity index (χ0n) is 10.6. The van der Waals surface area contributed by atoms with Crippen molar-refractivity contribution in [3.63, 3.8) is 0 Å². The first kappa shape index (κ1) is 14.1. The van der Waals surface area contributed by atoms with E-state index in [0.29, 0.717) is 10.7 Å². The number of anilines is 1. The third kappa shape index (κ3) is 3.16. The van der Waals surface area contributed by atoms with E-state index in [2.05, 4.69) is 10.3 Å². The summed E-state index contributed by atoms with van der Waals surface area (Å²) in [6.07, 6.45) is 0. The summed E-state index contributed by atoms with van der Waals surface area (Å²) in [5.41, 5.74) is 6.39. The van der Waals surface area contributed by atoms with Crippen molar-refractivity contribution in [1.82, 2.24) is 4.98 Å². The van der Waals surface area contributed by atoms with Crippen LogP contribution in [0.25, 0.3) is 0 Å². The number of nitro groups is 1. The Kier molecular flexibility index (Phi) is 4.06. The van der Waals surface area contributed by atoms with Gasteiger partial charge in [0.15, 0.2) is 0 Å². The van der Waals surface area contributed by atoms with Crippen molar-refractivity contribution in [3.05, 3.63) is 50.5 Å². The molecular formula is C12H12N4O3S. The highest BCUT2D eigenvalue weighted by Crippen LogP contribution is 2.18. The van der Waals surface area contributed by atoms with Crippen LogP contribution in [-0.4, -0.2) is 15.8 Å². The molecule has 20 heavy (non-hydrogen) atoms. The van der Waals surface area contributed by atoms with Gasteiger partial charge < -0.3 is 11.1 Å². The average Bonchev–Trinajstić information content (AvgIpc) is 2.89. The van der Waals surface area contributed by atoms with Crippen molar-refractivity contribution in [3.8, 4) is 0 Å². The van der Waals surface area contributed by atoms with Crippen LogP contribution >= 0.6 is 11.3 Å². The maximum Gasteiger partial charge on any atom is 0.275 e. The highest BCUT2D eigenvalue weighted by Gasteiger charge is 2.13. The number of aromatic nitrogens is 1. The highest BCUT2D eigenvalue weighted by atomic mass is 32.1. The molecule has 0 saturated heterocycles. The SMILES string of the molecule is CC(N)c1nc(C(=O)Nc2ccc([N+](=O)[O-])cc2)cs1. The Morgan fingerprint density at radius 3 is 2.60 bits per heavy atom. The van der Waals surface area contributed by atoms with Crippen molar-refractivity contribution in [1.29, 1.82) is 0 Å². The number of benzene rings is 1. The molecule has 1 aromatic heterocycles. The third-order valence-corrected chi connectivity index (χ3v) is 3.53. The van der Waals surface area contributed by atoms with Gasteiger partial charge in [-0.15, -0.1) is 11.3 Å². The Hall–Kier alpha value is -2.32. The molecule has 2 rings (SSSR count). The van der Waals surface area contributed by atoms with Gasteiger partial charge in [0.2, 0.25) is 0 Å². The number of thiazole rings is 1. The van der Waals surface area contributed by atoms with Crippen LogP contribution in [0.3, 0.4) is 0 Å². The number of nitrogens with two attached hydrogens (primary N) is 1. The molecule has 8 heteroatoms. The van der Waals surface area contributed by atoms with E-state index in [4.69, 9.17) is 5.73 Å². The maximum absolute atomic E-state index is 11.9. The standard InChI is InChI=1S/C12H12N4O3S/c1-7(13)12-15-10(6-20-12)11(17)14-8-2-4-9(5-3-8)16(18)19/h2-7H,13H2,1H3,(H,14,17). The lowest BCUT2D eigenvalue weighted by atomic mass is 10.3. The van der Waals surface area contributed by atoms with Crippen LogP contribution in [0.5, 0.6) is 0 Å². The molecule has 1 unspecified atom stereocenters. The van der Waals surface area contributed by atoms with Crippen LogP contribution in [0.2, 0.25) is 0 Å². The predicted molar refractivity (Wildman–Crippen MR) is 75.8 cm³/mol. The van der Waals surface area contributed by atoms with E-state index in [-0.39, 0.29) is 23.3 Å². The number of carbonyl (C=O) groups is 1. The molecule has 0 radical (unpaired) electrons. The minimum absolute atomic E-state index is 0.0316. The molecule has 2 aromatic rings. The second-order valence-corrected chi connectivity index (χ2v) is 5.01. The molecule has 0 aliphatic heterocycles. The van der Waals surface area contributed by atoms with Crippen molar-refractivity contribution < 1.29 is 9.72 Å². The van der Waals surface area contributed by atoms with Gasteiger partial charge in [-0.1, -0.05) is 0 Å². The van der Waals surface area contributed by atoms with Gasteiger partial charge in [-0.3, -0.25) is 14.9 Å². The zero-order valence-corrected chi connectivity index (χ0v) is 11.4. The minimum atomic E-state index is -0.499. The summed E-state index contributed by atoms with van der Waals surface area (Å²) in [5.74, 6) is -0.373. The monoisotopic (exact) mass is 292 g/mol. The molecule has 104 valence electrons. The fourth-order valence-corrected chi connectivity index (χ4v) is 2.22. The summed E-state index contributed by atoms with van der Waals surface area (Å²) >= 11 is 1.32. The number of hydrogen-bond donors (Lipinski definition) is 2. The van der Waals surface area contributed by atoms with Crippen LogP contribution in [0.4, 0.5) is 11.4 Å². The smallest absolute Gasteiger partial charge is 0.275 e. The van der Waals surface area contributed by atoms with Crippen LogP contribution in [0.1, 0.15) is 28.5 Å². The fourth-order valence-electron chi connectivity index (χ4n) is 1.46. The van der Waals surface area contributed by atoms with Gasteiger partial charge >= 0.3 is 0 Å². The van der Waals surface area contributed by atoms with E-state index < -0.39 is 4.92 Å². The normalized spacial score (nSPS) is 11.9. The number of carbonyl (C=O) groups excluding carboxylic acids is 1. The van der Waals surface area contributed by atoms with Gasteiger partial charge in [0.05, 0.1) is 11.0 Å². The Bertz CT molecular complexity index is 636. The summed E-state index contributed by atoms with van der Waals surface area (Å²) in [7, 11) is 0. The Morgan fingerprint density at radius 1 is 1.45 bits per heavy atom. The van der Waals surface area contributed by atoms with Crippen molar-refractivity contribution in [2.24, 2.45) is 5.73 Å². The summed E-state index contributed by atoms with van der Waals surface area (Å²) in [6.45, 7) is 1.79. The van der Waals surface area contributed by atoms with E-state index in [9.17, 15) is 14.9 Å². The van der Waals surface area contributed by atoms with Crippen LogP contribution in [-0.2, 0) is 0 Å². The predicted octanol–water partition coefficient (Wildman–Crippen LogP) is 2.32. The molecular weight excluding hydrogens is 280 g/mol. The van der Waals surface area contributed by atoms with E-state index in [1.165, 1.54) is 35.6 Å². The Labute approximate surface area is 118 Å². The lowest BCUT2D eigenvalue weighted by Crippen LogP contribution is -2.13. The molecule has 0 aliphatic rings. The Balaban J connectivity index is 2.08. The molecule has 3 N–H and O–H groups in total. The molecule has 0 saturated carbocycles. The summed E-state index contributed by atoms with van der Waals surface area (Å²) in [5, 5.41) is 15.4. The van der Waals surface area contributed by atoms with Crippen LogP contribution < -0.4 is 11.1 Å². The molecule has 1 atom stereocenters. The first-order valence-corrected chi connectivity index (χ1v) is 6.62. The van der Waals surface area contributed by atoms with Crippen molar-refractivity contribution >= 4 is 28.6 Å². The first-order valence-electron chi connectivity index (χ1n) is 5.74. The first-order chi connectivity index (χ1) is 9.47. The summed E-state index contributed by atoms with van der Waals surface area (Å²) in [6, 6.07) is 5.36. The quantitative estimate of drug-likeness (QED) is 0.663. The van der Waals surface area contributed by atoms with Gasteiger partial charge in [0.1, 0.15) is 10.7 Å². The minimum Gasteiger partial charge on any atom is -0.322 e. The average molecular weight is 292 g/mol. The maximum atomic E-state index is 11.9. The molecule has 7 nitrogen and oxygen atoms in total. The highest BCUT2D eigenvalue weighted by molar-refractivity contribution is 7.09. The van der Waals surface area contributed by atoms with Crippen LogP contribution in [0, 0.1) is 10.1 Å². The zero-order chi connectivity index (χ0) is 14.7. The van der Waals surface area contributed by atoms with Gasteiger partial charge in [-0.25, -0.2) is 4.98 Å². The number of amides is 1. The largest absolute Gasteiger partial charge is 0.322 e. The lowest BCUT2D eigenvalue weighted by Gasteiger charge is -2.02. The number of nitrogens with one attached hydrogen (secondary N) is 1. The van der Waals surface area contributed by atoms with Crippen molar-refractivity contribution in [2.45, 2.75) is 13.0 Å². The number of hydrogen-bond acceptors (Lipinski definition) is 6. The lowest BCUT2D eigenvalue weighted by molar-refractivity contribution is -0.384. The van der Waals surface area contributed by atoms with E-state index in [1.807, 2.05) is 0 Å². The molecule has 1 aromatic carbocycles. The number of nitrogens with zero attached hydrogens (tertiary/aromatic N) is 2. The third-order valence-electron chi connectivity index (χ3n) is 2.48. The molecule has 0 aliphatic carbocycles. The summed E-state index contributed by atoms with van der Waals surface area (Å²) in [4.78, 5) is 26.1. The van der Waals surface area contributed by atoms with E-state index in [1.54, 1.807) is 12.3 Å². The van der Waals surface area contributed by atoms with Gasteiger partial charge in [-0.2, -0.15) is 0 Å². The van der Waals surface area contributed by atoms with E-state index >= 15 is 0 Å². The molecule has 0 fully saturated rings. The molecule has 1 amide bonds. The number of non-ortho nitro benzene ring substituents is 1. The number of rotatable bonds is 4. The van der Waals surface area contributed by atoms with Gasteiger partial charge in [-0.05, 0) is 19.1 Å². The fraction of sp³-hybridized carbons (Fsp3) is 0.167. The van der Waals surface area contributed by atoms with Crippen LogP contribution in [0.15, 0.2) is 29.6 Å². The topological polar surface area (TPSA) is 111 Å².